The molecule has 1 aromatic rings. The first-order valence-corrected chi connectivity index (χ1v) is 7.56. The second kappa shape index (κ2) is 5.64. The van der Waals surface area contributed by atoms with Crippen LogP contribution in [0.25, 0.3) is 0 Å². The van der Waals surface area contributed by atoms with E-state index in [1.54, 1.807) is 12.1 Å². The fourth-order valence-corrected chi connectivity index (χ4v) is 3.10. The minimum absolute atomic E-state index is 0.0665. The molecule has 1 heterocycles. The maximum absolute atomic E-state index is 12.9. The average Bonchev–Trinajstić information content (AvgIpc) is 2.86. The molecule has 1 unspecified atom stereocenters. The molecular weight excluding hydrogens is 271 g/mol. The number of carbonyl (C=O) groups is 1. The van der Waals surface area contributed by atoms with Gasteiger partial charge in [-0.15, -0.1) is 0 Å². The van der Waals surface area contributed by atoms with Crippen LogP contribution in [0, 0.1) is 5.82 Å². The maximum atomic E-state index is 12.9. The summed E-state index contributed by atoms with van der Waals surface area (Å²) in [6.45, 7) is 1.58. The monoisotopic (exact) mass is 292 g/mol. The van der Waals surface area contributed by atoms with Crippen LogP contribution in [0.4, 0.5) is 10.1 Å². The minimum atomic E-state index is -0.765. The lowest BCUT2D eigenvalue weighted by Gasteiger charge is -2.36. The van der Waals surface area contributed by atoms with Crippen molar-refractivity contribution in [1.29, 1.82) is 0 Å². The summed E-state index contributed by atoms with van der Waals surface area (Å²) < 4.78 is 12.9. The summed E-state index contributed by atoms with van der Waals surface area (Å²) >= 11 is 0. The van der Waals surface area contributed by atoms with Crippen LogP contribution in [-0.2, 0) is 4.79 Å². The predicted molar refractivity (Wildman–Crippen MR) is 78.6 cm³/mol. The van der Waals surface area contributed by atoms with Crippen molar-refractivity contribution in [3.05, 3.63) is 30.1 Å². The van der Waals surface area contributed by atoms with E-state index in [1.807, 2.05) is 0 Å². The molecule has 0 aromatic heterocycles. The third-order valence-corrected chi connectivity index (χ3v) is 4.52. The first kappa shape index (κ1) is 14.3. The van der Waals surface area contributed by atoms with Gasteiger partial charge in [-0.3, -0.25) is 4.79 Å². The van der Waals surface area contributed by atoms with Gasteiger partial charge in [0.2, 0.25) is 5.91 Å². The van der Waals surface area contributed by atoms with Crippen LogP contribution < -0.4 is 10.2 Å². The van der Waals surface area contributed by atoms with Crippen LogP contribution in [0.1, 0.15) is 32.1 Å². The molecule has 4 nitrogen and oxygen atoms in total. The molecule has 1 atom stereocenters. The third kappa shape index (κ3) is 3.35. The normalized spacial score (nSPS) is 23.7. The summed E-state index contributed by atoms with van der Waals surface area (Å²) in [5.41, 5.74) is 0.213. The van der Waals surface area contributed by atoms with Gasteiger partial charge in [0, 0.05) is 24.8 Å². The number of aliphatic hydroxyl groups is 1. The van der Waals surface area contributed by atoms with E-state index < -0.39 is 5.60 Å². The number of hydrogen-bond acceptors (Lipinski definition) is 3. The highest BCUT2D eigenvalue weighted by Crippen LogP contribution is 2.34. The van der Waals surface area contributed by atoms with E-state index in [-0.39, 0.29) is 24.2 Å². The molecule has 2 fully saturated rings. The number of amides is 1. The van der Waals surface area contributed by atoms with Crippen LogP contribution in [0.5, 0.6) is 0 Å². The second-order valence-electron chi connectivity index (χ2n) is 6.23. The van der Waals surface area contributed by atoms with Crippen LogP contribution in [0.15, 0.2) is 24.3 Å². The highest BCUT2D eigenvalue weighted by atomic mass is 19.1. The number of anilines is 1. The zero-order valence-electron chi connectivity index (χ0n) is 12.0. The number of rotatable bonds is 4. The van der Waals surface area contributed by atoms with Crippen molar-refractivity contribution >= 4 is 11.6 Å². The predicted octanol–water partition coefficient (Wildman–Crippen LogP) is 1.83. The molecule has 0 radical (unpaired) electrons. The van der Waals surface area contributed by atoms with Gasteiger partial charge >= 0.3 is 0 Å². The minimum Gasteiger partial charge on any atom is -0.389 e. The maximum Gasteiger partial charge on any atom is 0.223 e. The smallest absolute Gasteiger partial charge is 0.223 e. The van der Waals surface area contributed by atoms with Crippen molar-refractivity contribution in [1.82, 2.24) is 5.32 Å². The Balaban J connectivity index is 1.50. The highest BCUT2D eigenvalue weighted by Gasteiger charge is 2.37. The summed E-state index contributed by atoms with van der Waals surface area (Å²) in [7, 11) is 0. The van der Waals surface area contributed by atoms with Crippen molar-refractivity contribution in [3.8, 4) is 0 Å². The van der Waals surface area contributed by atoms with Crippen molar-refractivity contribution in [2.75, 3.05) is 18.0 Å². The van der Waals surface area contributed by atoms with Gasteiger partial charge in [0.1, 0.15) is 5.82 Å². The average molecular weight is 292 g/mol. The van der Waals surface area contributed by atoms with Gasteiger partial charge in [-0.25, -0.2) is 4.39 Å². The quantitative estimate of drug-likeness (QED) is 0.890. The Morgan fingerprint density at radius 2 is 2.10 bits per heavy atom. The van der Waals surface area contributed by atoms with E-state index in [1.165, 1.54) is 12.1 Å². The molecule has 21 heavy (non-hydrogen) atoms. The Labute approximate surface area is 124 Å². The first-order valence-electron chi connectivity index (χ1n) is 7.56. The highest BCUT2D eigenvalue weighted by molar-refractivity contribution is 5.77. The van der Waals surface area contributed by atoms with Gasteiger partial charge in [-0.05, 0) is 49.9 Å². The molecule has 1 amide bonds. The molecular formula is C16H21FN2O2. The van der Waals surface area contributed by atoms with E-state index in [0.717, 1.165) is 44.5 Å². The summed E-state index contributed by atoms with van der Waals surface area (Å²) in [6, 6.07) is 6.53. The molecule has 1 saturated heterocycles. The largest absolute Gasteiger partial charge is 0.389 e. The Hall–Kier alpha value is -1.62. The van der Waals surface area contributed by atoms with Gasteiger partial charge in [0.25, 0.3) is 0 Å². The Morgan fingerprint density at radius 1 is 1.38 bits per heavy atom. The van der Waals surface area contributed by atoms with Gasteiger partial charge < -0.3 is 15.3 Å². The van der Waals surface area contributed by atoms with Crippen molar-refractivity contribution < 1.29 is 14.3 Å². The number of carbonyl (C=O) groups excluding carboxylic acids is 1. The van der Waals surface area contributed by atoms with E-state index in [2.05, 4.69) is 10.2 Å². The lowest BCUT2D eigenvalue weighted by molar-refractivity contribution is -0.130. The van der Waals surface area contributed by atoms with Gasteiger partial charge in [-0.2, -0.15) is 0 Å². The van der Waals surface area contributed by atoms with E-state index in [9.17, 15) is 14.3 Å². The Bertz CT molecular complexity index is 514. The molecule has 5 heteroatoms. The summed E-state index contributed by atoms with van der Waals surface area (Å²) in [6.07, 6.45) is 3.55. The van der Waals surface area contributed by atoms with Crippen molar-refractivity contribution in [3.63, 3.8) is 0 Å². The van der Waals surface area contributed by atoms with Gasteiger partial charge in [0.15, 0.2) is 0 Å². The molecule has 114 valence electrons. The molecule has 1 aromatic carbocycles. The molecule has 2 N–H and O–H groups in total. The van der Waals surface area contributed by atoms with E-state index in [0.29, 0.717) is 0 Å². The number of nitrogens with one attached hydrogen (secondary N) is 1. The lowest BCUT2D eigenvalue weighted by atomic mass is 9.77. The summed E-state index contributed by atoms with van der Waals surface area (Å²) in [5, 5.41) is 13.0. The number of hydrogen-bond donors (Lipinski definition) is 2. The third-order valence-electron chi connectivity index (χ3n) is 4.52. The zero-order valence-corrected chi connectivity index (χ0v) is 12.0. The zero-order chi connectivity index (χ0) is 14.9. The van der Waals surface area contributed by atoms with Crippen LogP contribution in [-0.4, -0.2) is 35.7 Å². The van der Waals surface area contributed by atoms with Gasteiger partial charge in [-0.1, -0.05) is 0 Å². The van der Waals surface area contributed by atoms with Gasteiger partial charge in [0.05, 0.1) is 12.0 Å². The molecule has 1 aliphatic heterocycles. The van der Waals surface area contributed by atoms with Crippen molar-refractivity contribution in [2.45, 2.75) is 43.7 Å². The molecule has 1 aliphatic carbocycles. The van der Waals surface area contributed by atoms with E-state index in [4.69, 9.17) is 0 Å². The second-order valence-corrected chi connectivity index (χ2v) is 6.23. The molecule has 1 saturated carbocycles. The molecule has 0 bridgehead atoms. The topological polar surface area (TPSA) is 52.6 Å². The number of nitrogens with zero attached hydrogens (tertiary/aromatic N) is 1. The Kier molecular flexibility index (Phi) is 3.85. The molecule has 3 rings (SSSR count). The number of halogens is 1. The standard InChI is InChI=1S/C16H21FN2O2/c17-12-2-4-14(5-3-12)19-9-6-13(11-19)18-15(20)10-16(21)7-1-8-16/h2-5,13,21H,1,6-11H2,(H,18,20). The van der Waals surface area contributed by atoms with Crippen molar-refractivity contribution in [2.24, 2.45) is 0 Å². The number of benzene rings is 1. The summed E-state index contributed by atoms with van der Waals surface area (Å²) in [5.74, 6) is -0.306. The molecule has 2 aliphatic rings. The fraction of sp³-hybridized carbons (Fsp3) is 0.562. The lowest BCUT2D eigenvalue weighted by Crippen LogP contribution is -2.45. The summed E-state index contributed by atoms with van der Waals surface area (Å²) in [4.78, 5) is 14.1. The fourth-order valence-electron chi connectivity index (χ4n) is 3.10. The van der Waals surface area contributed by atoms with Crippen LogP contribution in [0.3, 0.4) is 0 Å². The SMILES string of the molecule is O=C(CC1(O)CCC1)NC1CCN(c2ccc(F)cc2)C1. The van der Waals surface area contributed by atoms with Crippen LogP contribution in [0.2, 0.25) is 0 Å². The van der Waals surface area contributed by atoms with Crippen LogP contribution >= 0.6 is 0 Å². The first-order chi connectivity index (χ1) is 10.0. The molecule has 0 spiro atoms. The van der Waals surface area contributed by atoms with E-state index >= 15 is 0 Å². The Morgan fingerprint density at radius 3 is 2.71 bits per heavy atom.